The Morgan fingerprint density at radius 3 is 2.78 bits per heavy atom. The lowest BCUT2D eigenvalue weighted by molar-refractivity contribution is -0.136. The summed E-state index contributed by atoms with van der Waals surface area (Å²) in [5, 5.41) is 15.8. The highest BCUT2D eigenvalue weighted by Crippen LogP contribution is 2.36. The van der Waals surface area contributed by atoms with Crippen LogP contribution in [-0.4, -0.2) is 16.1 Å². The molecule has 8 heteroatoms. The van der Waals surface area contributed by atoms with Crippen molar-refractivity contribution >= 4 is 62.7 Å². The number of aromatic nitrogens is 1. The highest BCUT2D eigenvalue weighted by molar-refractivity contribution is 7.17. The average molecular weight is 385 g/mol. The number of nitrogens with zero attached hydrogens (tertiary/aromatic N) is 1. The summed E-state index contributed by atoms with van der Waals surface area (Å²) in [7, 11) is 0. The van der Waals surface area contributed by atoms with Crippen LogP contribution in [0.25, 0.3) is 10.6 Å². The maximum Gasteiger partial charge on any atom is 0.308 e. The summed E-state index contributed by atoms with van der Waals surface area (Å²) in [6.07, 6.45) is -0.0685. The van der Waals surface area contributed by atoms with E-state index in [1.165, 1.54) is 22.7 Å². The van der Waals surface area contributed by atoms with Gasteiger partial charge in [0.2, 0.25) is 0 Å². The van der Waals surface area contributed by atoms with Gasteiger partial charge in [-0.2, -0.15) is 0 Å². The molecule has 3 aromatic rings. The van der Waals surface area contributed by atoms with E-state index in [4.69, 9.17) is 28.3 Å². The molecule has 0 saturated carbocycles. The number of hydrogen-bond acceptors (Lipinski definition) is 5. The van der Waals surface area contributed by atoms with E-state index in [0.717, 1.165) is 4.88 Å². The smallest absolute Gasteiger partial charge is 0.308 e. The van der Waals surface area contributed by atoms with E-state index in [1.807, 2.05) is 17.5 Å². The van der Waals surface area contributed by atoms with Crippen LogP contribution in [0.15, 0.2) is 35.7 Å². The topological polar surface area (TPSA) is 62.2 Å². The van der Waals surface area contributed by atoms with E-state index < -0.39 is 5.97 Å². The van der Waals surface area contributed by atoms with Crippen LogP contribution in [0.5, 0.6) is 0 Å². The number of benzene rings is 1. The number of anilines is 2. The number of halogens is 2. The van der Waals surface area contributed by atoms with Crippen molar-refractivity contribution in [3.05, 3.63) is 50.6 Å². The number of carboxylic acids is 1. The van der Waals surface area contributed by atoms with Crippen LogP contribution in [0.3, 0.4) is 0 Å². The molecule has 0 bridgehead atoms. The van der Waals surface area contributed by atoms with Gasteiger partial charge in [-0.15, -0.1) is 22.7 Å². The third-order valence-electron chi connectivity index (χ3n) is 2.94. The van der Waals surface area contributed by atoms with E-state index in [9.17, 15) is 4.79 Å². The van der Waals surface area contributed by atoms with E-state index in [2.05, 4.69) is 10.3 Å². The number of nitrogens with one attached hydrogen (secondary N) is 1. The van der Waals surface area contributed by atoms with Gasteiger partial charge in [0, 0.05) is 9.90 Å². The molecular weight excluding hydrogens is 375 g/mol. The van der Waals surface area contributed by atoms with E-state index in [1.54, 1.807) is 18.2 Å². The summed E-state index contributed by atoms with van der Waals surface area (Å²) in [5.41, 5.74) is 1.37. The van der Waals surface area contributed by atoms with Crippen molar-refractivity contribution in [2.45, 2.75) is 6.42 Å². The van der Waals surface area contributed by atoms with Crippen molar-refractivity contribution in [1.82, 2.24) is 4.98 Å². The van der Waals surface area contributed by atoms with Crippen molar-refractivity contribution in [3.8, 4) is 10.6 Å². The number of aliphatic carboxylic acids is 1. The summed E-state index contributed by atoms with van der Waals surface area (Å²) >= 11 is 14.9. The van der Waals surface area contributed by atoms with Gasteiger partial charge in [-0.1, -0.05) is 29.3 Å². The van der Waals surface area contributed by atoms with E-state index >= 15 is 0 Å². The second kappa shape index (κ2) is 6.88. The van der Waals surface area contributed by atoms with Gasteiger partial charge < -0.3 is 10.4 Å². The Morgan fingerprint density at radius 1 is 1.30 bits per heavy atom. The quantitative estimate of drug-likeness (QED) is 0.605. The van der Waals surface area contributed by atoms with Crippen LogP contribution in [0, 0.1) is 0 Å². The fourth-order valence-electron chi connectivity index (χ4n) is 1.97. The van der Waals surface area contributed by atoms with Crippen LogP contribution >= 0.6 is 45.9 Å². The lowest BCUT2D eigenvalue weighted by atomic mass is 10.2. The first-order valence-corrected chi connectivity index (χ1v) is 8.95. The zero-order valence-electron chi connectivity index (χ0n) is 11.5. The second-order valence-electron chi connectivity index (χ2n) is 4.59. The third-order valence-corrected chi connectivity index (χ3v) is 5.33. The Bertz CT molecular complexity index is 847. The standard InChI is InChI=1S/C15H10Cl2N2O2S2/c16-8-3-4-10(9(17)6-8)18-15-19-14(11-2-1-5-22-11)12(23-15)7-13(20)21/h1-6H,7H2,(H,18,19)(H,20,21). The molecule has 118 valence electrons. The van der Waals surface area contributed by atoms with Gasteiger partial charge in [0.25, 0.3) is 0 Å². The van der Waals surface area contributed by atoms with Crippen molar-refractivity contribution in [2.75, 3.05) is 5.32 Å². The van der Waals surface area contributed by atoms with Gasteiger partial charge >= 0.3 is 5.97 Å². The summed E-state index contributed by atoms with van der Waals surface area (Å²) in [6.45, 7) is 0. The van der Waals surface area contributed by atoms with Gasteiger partial charge in [0.05, 0.1) is 27.7 Å². The molecule has 2 N–H and O–H groups in total. The molecule has 4 nitrogen and oxygen atoms in total. The molecule has 2 aromatic heterocycles. The Balaban J connectivity index is 1.95. The maximum absolute atomic E-state index is 11.1. The molecule has 0 aliphatic rings. The average Bonchev–Trinajstić information content (AvgIpc) is 3.11. The molecule has 0 aliphatic carbocycles. The Morgan fingerprint density at radius 2 is 2.13 bits per heavy atom. The van der Waals surface area contributed by atoms with E-state index in [0.29, 0.717) is 31.4 Å². The number of carbonyl (C=O) groups is 1. The summed E-state index contributed by atoms with van der Waals surface area (Å²) in [5.74, 6) is -0.887. The van der Waals surface area contributed by atoms with Crippen molar-refractivity contribution < 1.29 is 9.90 Å². The molecule has 3 rings (SSSR count). The zero-order valence-corrected chi connectivity index (χ0v) is 14.7. The van der Waals surface area contributed by atoms with Crippen LogP contribution < -0.4 is 5.32 Å². The fraction of sp³-hybridized carbons (Fsp3) is 0.0667. The molecule has 0 fully saturated rings. The molecule has 0 unspecified atom stereocenters. The molecule has 0 amide bonds. The van der Waals surface area contributed by atoms with Gasteiger partial charge in [-0.25, -0.2) is 4.98 Å². The Hall–Kier alpha value is -1.60. The fourth-order valence-corrected chi connectivity index (χ4v) is 4.22. The minimum Gasteiger partial charge on any atom is -0.481 e. The minimum absolute atomic E-state index is 0.0685. The Kier molecular flexibility index (Phi) is 4.87. The number of thiophene rings is 1. The van der Waals surface area contributed by atoms with Crippen molar-refractivity contribution in [1.29, 1.82) is 0 Å². The molecule has 0 saturated heterocycles. The first kappa shape index (κ1) is 16.3. The molecule has 0 spiro atoms. The van der Waals surface area contributed by atoms with Gasteiger partial charge in [0.15, 0.2) is 5.13 Å². The normalized spacial score (nSPS) is 10.7. The molecule has 0 atom stereocenters. The molecule has 1 aromatic carbocycles. The lowest BCUT2D eigenvalue weighted by Crippen LogP contribution is -1.98. The minimum atomic E-state index is -0.887. The summed E-state index contributed by atoms with van der Waals surface area (Å²) < 4.78 is 0. The van der Waals surface area contributed by atoms with Crippen molar-refractivity contribution in [2.24, 2.45) is 0 Å². The van der Waals surface area contributed by atoms with Crippen LogP contribution in [0.2, 0.25) is 10.0 Å². The predicted octanol–water partition coefficient (Wildman–Crippen LogP) is 5.55. The Labute approximate surface area is 150 Å². The maximum atomic E-state index is 11.1. The molecule has 2 heterocycles. The molecule has 0 aliphatic heterocycles. The van der Waals surface area contributed by atoms with E-state index in [-0.39, 0.29) is 6.42 Å². The first-order valence-electron chi connectivity index (χ1n) is 6.50. The van der Waals surface area contributed by atoms with Crippen molar-refractivity contribution in [3.63, 3.8) is 0 Å². The second-order valence-corrected chi connectivity index (χ2v) is 7.46. The van der Waals surface area contributed by atoms with Gasteiger partial charge in [-0.3, -0.25) is 4.79 Å². The third kappa shape index (κ3) is 3.84. The summed E-state index contributed by atoms with van der Waals surface area (Å²) in [4.78, 5) is 17.2. The molecular formula is C15H10Cl2N2O2S2. The molecule has 0 radical (unpaired) electrons. The van der Waals surface area contributed by atoms with Gasteiger partial charge in [-0.05, 0) is 29.6 Å². The lowest BCUT2D eigenvalue weighted by Gasteiger charge is -2.05. The first-order chi connectivity index (χ1) is 11.0. The largest absolute Gasteiger partial charge is 0.481 e. The zero-order chi connectivity index (χ0) is 16.4. The SMILES string of the molecule is O=C(O)Cc1sc(Nc2ccc(Cl)cc2Cl)nc1-c1cccs1. The highest BCUT2D eigenvalue weighted by Gasteiger charge is 2.17. The molecule has 23 heavy (non-hydrogen) atoms. The van der Waals surface area contributed by atoms with Crippen LogP contribution in [0.4, 0.5) is 10.8 Å². The number of rotatable bonds is 5. The number of hydrogen-bond donors (Lipinski definition) is 2. The predicted molar refractivity (Wildman–Crippen MR) is 96.5 cm³/mol. The number of carboxylic acid groups (broad SMARTS) is 1. The number of thiazole rings is 1. The van der Waals surface area contributed by atoms with Gasteiger partial charge in [0.1, 0.15) is 0 Å². The van der Waals surface area contributed by atoms with Crippen LogP contribution in [0.1, 0.15) is 4.88 Å². The monoisotopic (exact) mass is 384 g/mol. The van der Waals surface area contributed by atoms with Crippen LogP contribution in [-0.2, 0) is 11.2 Å². The highest BCUT2D eigenvalue weighted by atomic mass is 35.5. The summed E-state index contributed by atoms with van der Waals surface area (Å²) in [6, 6.07) is 8.95.